The van der Waals surface area contributed by atoms with E-state index in [1.165, 1.54) is 5.56 Å². The lowest BCUT2D eigenvalue weighted by molar-refractivity contribution is 0.232. The molecular formula is C15H20N4O. The second-order valence-corrected chi connectivity index (χ2v) is 4.99. The lowest BCUT2D eigenvalue weighted by Crippen LogP contribution is -2.10. The average Bonchev–Trinajstić information content (AvgIpc) is 2.36. The van der Waals surface area contributed by atoms with Gasteiger partial charge in [0.05, 0.1) is 6.10 Å². The molecule has 0 saturated heterocycles. The van der Waals surface area contributed by atoms with Gasteiger partial charge in [0.25, 0.3) is 0 Å². The van der Waals surface area contributed by atoms with Crippen molar-refractivity contribution in [3.8, 4) is 5.88 Å². The van der Waals surface area contributed by atoms with Crippen LogP contribution in [0.2, 0.25) is 0 Å². The van der Waals surface area contributed by atoms with E-state index >= 15 is 0 Å². The zero-order chi connectivity index (χ0) is 14.5. The van der Waals surface area contributed by atoms with Crippen LogP contribution in [-0.2, 0) is 6.54 Å². The van der Waals surface area contributed by atoms with E-state index in [4.69, 9.17) is 4.74 Å². The second-order valence-electron chi connectivity index (χ2n) is 4.99. The van der Waals surface area contributed by atoms with Crippen LogP contribution in [0.1, 0.15) is 30.7 Å². The van der Waals surface area contributed by atoms with Crippen molar-refractivity contribution in [2.75, 3.05) is 5.32 Å². The molecule has 2 rings (SSSR count). The summed E-state index contributed by atoms with van der Waals surface area (Å²) in [5.41, 5.74) is 3.20. The Morgan fingerprint density at radius 2 is 2.05 bits per heavy atom. The van der Waals surface area contributed by atoms with Gasteiger partial charge in [0.1, 0.15) is 0 Å². The van der Waals surface area contributed by atoms with Gasteiger partial charge < -0.3 is 10.1 Å². The SMILES string of the molecule is Cc1cc(OC(C)C)nc(NCc2cnccc2C)n1. The van der Waals surface area contributed by atoms with E-state index in [1.54, 1.807) is 6.20 Å². The number of nitrogens with zero attached hydrogens (tertiary/aromatic N) is 3. The molecule has 0 unspecified atom stereocenters. The first-order valence-electron chi connectivity index (χ1n) is 6.70. The third-order valence-corrected chi connectivity index (χ3v) is 2.77. The Balaban J connectivity index is 2.09. The smallest absolute Gasteiger partial charge is 0.226 e. The number of hydrogen-bond donors (Lipinski definition) is 1. The number of nitrogens with one attached hydrogen (secondary N) is 1. The first-order chi connectivity index (χ1) is 9.54. The van der Waals surface area contributed by atoms with Crippen LogP contribution in [-0.4, -0.2) is 21.1 Å². The van der Waals surface area contributed by atoms with E-state index in [0.717, 1.165) is 11.3 Å². The highest BCUT2D eigenvalue weighted by Crippen LogP contribution is 2.14. The zero-order valence-electron chi connectivity index (χ0n) is 12.3. The fourth-order valence-electron chi connectivity index (χ4n) is 1.78. The monoisotopic (exact) mass is 272 g/mol. The van der Waals surface area contributed by atoms with Gasteiger partial charge >= 0.3 is 0 Å². The highest BCUT2D eigenvalue weighted by atomic mass is 16.5. The summed E-state index contributed by atoms with van der Waals surface area (Å²) in [5, 5.41) is 3.21. The van der Waals surface area contributed by atoms with Gasteiger partial charge in [-0.05, 0) is 44.9 Å². The third-order valence-electron chi connectivity index (χ3n) is 2.77. The van der Waals surface area contributed by atoms with Crippen molar-refractivity contribution < 1.29 is 4.74 Å². The van der Waals surface area contributed by atoms with Crippen LogP contribution in [0.4, 0.5) is 5.95 Å². The van der Waals surface area contributed by atoms with Gasteiger partial charge in [-0.3, -0.25) is 4.98 Å². The van der Waals surface area contributed by atoms with E-state index in [2.05, 4.69) is 27.2 Å². The summed E-state index contributed by atoms with van der Waals surface area (Å²) in [6.07, 6.45) is 3.73. The van der Waals surface area contributed by atoms with Crippen molar-refractivity contribution in [3.05, 3.63) is 41.3 Å². The minimum absolute atomic E-state index is 0.0951. The Bertz CT molecular complexity index is 584. The van der Waals surface area contributed by atoms with E-state index in [1.807, 2.05) is 39.1 Å². The molecule has 0 bridgehead atoms. The van der Waals surface area contributed by atoms with Gasteiger partial charge in [-0.1, -0.05) is 0 Å². The third kappa shape index (κ3) is 3.91. The summed E-state index contributed by atoms with van der Waals surface area (Å²) >= 11 is 0. The van der Waals surface area contributed by atoms with Crippen molar-refractivity contribution in [1.82, 2.24) is 15.0 Å². The molecule has 2 heterocycles. The molecule has 0 spiro atoms. The molecule has 5 nitrogen and oxygen atoms in total. The molecule has 0 aliphatic rings. The Morgan fingerprint density at radius 3 is 2.75 bits per heavy atom. The van der Waals surface area contributed by atoms with Crippen molar-refractivity contribution in [2.45, 2.75) is 40.3 Å². The molecule has 1 N–H and O–H groups in total. The maximum absolute atomic E-state index is 5.61. The molecule has 0 atom stereocenters. The van der Waals surface area contributed by atoms with E-state index in [9.17, 15) is 0 Å². The number of pyridine rings is 1. The fraction of sp³-hybridized carbons (Fsp3) is 0.400. The van der Waals surface area contributed by atoms with Gasteiger partial charge in [-0.2, -0.15) is 4.98 Å². The zero-order valence-corrected chi connectivity index (χ0v) is 12.3. The van der Waals surface area contributed by atoms with E-state index in [-0.39, 0.29) is 6.10 Å². The van der Waals surface area contributed by atoms with Crippen LogP contribution in [0, 0.1) is 13.8 Å². The number of ether oxygens (including phenoxy) is 1. The maximum Gasteiger partial charge on any atom is 0.226 e. The Kier molecular flexibility index (Phi) is 4.50. The van der Waals surface area contributed by atoms with Gasteiger partial charge in [0.15, 0.2) is 0 Å². The quantitative estimate of drug-likeness (QED) is 0.907. The Hall–Kier alpha value is -2.17. The summed E-state index contributed by atoms with van der Waals surface area (Å²) in [6.45, 7) is 8.58. The Labute approximate surface area is 119 Å². The molecule has 0 amide bonds. The first-order valence-corrected chi connectivity index (χ1v) is 6.70. The van der Waals surface area contributed by atoms with Crippen molar-refractivity contribution in [3.63, 3.8) is 0 Å². The summed E-state index contributed by atoms with van der Waals surface area (Å²) in [6, 6.07) is 3.82. The topological polar surface area (TPSA) is 59.9 Å². The molecule has 2 aromatic rings. The van der Waals surface area contributed by atoms with Crippen LogP contribution in [0.15, 0.2) is 24.5 Å². The lowest BCUT2D eigenvalue weighted by atomic mass is 10.2. The number of aryl methyl sites for hydroxylation is 2. The molecule has 0 fully saturated rings. The van der Waals surface area contributed by atoms with Gasteiger partial charge in [0, 0.05) is 30.7 Å². The van der Waals surface area contributed by atoms with Crippen LogP contribution < -0.4 is 10.1 Å². The largest absolute Gasteiger partial charge is 0.475 e. The van der Waals surface area contributed by atoms with Gasteiger partial charge in [0.2, 0.25) is 11.8 Å². The molecule has 0 aliphatic heterocycles. The molecule has 2 aromatic heterocycles. The average molecular weight is 272 g/mol. The molecule has 5 heteroatoms. The molecule has 0 aromatic carbocycles. The number of rotatable bonds is 5. The summed E-state index contributed by atoms with van der Waals surface area (Å²) in [7, 11) is 0. The van der Waals surface area contributed by atoms with Crippen LogP contribution >= 0.6 is 0 Å². The van der Waals surface area contributed by atoms with Crippen molar-refractivity contribution in [1.29, 1.82) is 0 Å². The van der Waals surface area contributed by atoms with Crippen LogP contribution in [0.3, 0.4) is 0 Å². The minimum atomic E-state index is 0.0951. The molecule has 20 heavy (non-hydrogen) atoms. The summed E-state index contributed by atoms with van der Waals surface area (Å²) in [4.78, 5) is 12.8. The summed E-state index contributed by atoms with van der Waals surface area (Å²) in [5.74, 6) is 1.17. The molecule has 0 saturated carbocycles. The first kappa shape index (κ1) is 14.2. The van der Waals surface area contributed by atoms with Gasteiger partial charge in [-0.25, -0.2) is 4.98 Å². The minimum Gasteiger partial charge on any atom is -0.475 e. The molecular weight excluding hydrogens is 252 g/mol. The van der Waals surface area contributed by atoms with Crippen LogP contribution in [0.25, 0.3) is 0 Å². The fourth-order valence-corrected chi connectivity index (χ4v) is 1.78. The van der Waals surface area contributed by atoms with Crippen LogP contribution in [0.5, 0.6) is 5.88 Å². The van der Waals surface area contributed by atoms with Crippen molar-refractivity contribution in [2.24, 2.45) is 0 Å². The number of anilines is 1. The predicted octanol–water partition coefficient (Wildman–Crippen LogP) is 2.89. The molecule has 0 radical (unpaired) electrons. The van der Waals surface area contributed by atoms with Crippen molar-refractivity contribution >= 4 is 5.95 Å². The highest BCUT2D eigenvalue weighted by molar-refractivity contribution is 5.33. The summed E-state index contributed by atoms with van der Waals surface area (Å²) < 4.78 is 5.61. The molecule has 106 valence electrons. The number of aromatic nitrogens is 3. The Morgan fingerprint density at radius 1 is 1.25 bits per heavy atom. The molecule has 0 aliphatic carbocycles. The standard InChI is InChI=1S/C15H20N4O/c1-10(2)20-14-7-12(4)18-15(19-14)17-9-13-8-16-6-5-11(13)3/h5-8,10H,9H2,1-4H3,(H,17,18,19). The lowest BCUT2D eigenvalue weighted by Gasteiger charge is -2.12. The van der Waals surface area contributed by atoms with Gasteiger partial charge in [-0.15, -0.1) is 0 Å². The maximum atomic E-state index is 5.61. The van der Waals surface area contributed by atoms with E-state index in [0.29, 0.717) is 18.4 Å². The van der Waals surface area contributed by atoms with E-state index < -0.39 is 0 Å². The second kappa shape index (κ2) is 6.32. The number of hydrogen-bond acceptors (Lipinski definition) is 5. The predicted molar refractivity (Wildman–Crippen MR) is 78.8 cm³/mol. The highest BCUT2D eigenvalue weighted by Gasteiger charge is 2.05. The normalized spacial score (nSPS) is 10.7.